The number of piperidine rings is 1. The summed E-state index contributed by atoms with van der Waals surface area (Å²) in [7, 11) is 1.76. The molecule has 3 aromatic rings. The van der Waals surface area contributed by atoms with Gasteiger partial charge in [-0.05, 0) is 49.9 Å². The van der Waals surface area contributed by atoms with E-state index in [1.807, 2.05) is 13.0 Å². The van der Waals surface area contributed by atoms with Crippen molar-refractivity contribution in [3.05, 3.63) is 53.8 Å². The Morgan fingerprint density at radius 3 is 2.73 bits per heavy atom. The van der Waals surface area contributed by atoms with Crippen LogP contribution >= 0.6 is 0 Å². The van der Waals surface area contributed by atoms with Crippen molar-refractivity contribution in [1.82, 2.24) is 4.90 Å². The Morgan fingerprint density at radius 2 is 2.00 bits per heavy atom. The molecule has 1 saturated heterocycles. The van der Waals surface area contributed by atoms with Crippen LogP contribution in [-0.2, 0) is 6.54 Å². The molecule has 3 nitrogen and oxygen atoms in total. The zero-order valence-corrected chi connectivity index (χ0v) is 15.9. The highest BCUT2D eigenvalue weighted by atomic mass is 16.5. The van der Waals surface area contributed by atoms with Crippen molar-refractivity contribution in [2.45, 2.75) is 33.2 Å². The van der Waals surface area contributed by atoms with E-state index in [1.165, 1.54) is 24.0 Å². The number of rotatable bonds is 4. The van der Waals surface area contributed by atoms with Crippen molar-refractivity contribution >= 4 is 11.0 Å². The molecule has 4 rings (SSSR count). The lowest BCUT2D eigenvalue weighted by Gasteiger charge is -2.31. The normalized spacial score (nSPS) is 18.3. The molecule has 3 heteroatoms. The van der Waals surface area contributed by atoms with Gasteiger partial charge in [-0.25, -0.2) is 0 Å². The van der Waals surface area contributed by atoms with Crippen LogP contribution in [0.25, 0.3) is 22.1 Å². The third-order valence-corrected chi connectivity index (χ3v) is 5.46. The third kappa shape index (κ3) is 3.24. The molecule has 0 aliphatic carbocycles. The van der Waals surface area contributed by atoms with Gasteiger partial charge in [0.2, 0.25) is 0 Å². The first-order valence-corrected chi connectivity index (χ1v) is 9.53. The Bertz CT molecular complexity index is 897. The predicted octanol–water partition coefficient (Wildman–Crippen LogP) is 5.65. The van der Waals surface area contributed by atoms with Gasteiger partial charge in [-0.1, -0.05) is 37.3 Å². The molecule has 0 bridgehead atoms. The van der Waals surface area contributed by atoms with E-state index in [1.54, 1.807) is 7.11 Å². The van der Waals surface area contributed by atoms with E-state index < -0.39 is 0 Å². The van der Waals surface area contributed by atoms with Gasteiger partial charge in [-0.3, -0.25) is 4.90 Å². The first-order chi connectivity index (χ1) is 12.7. The van der Waals surface area contributed by atoms with E-state index in [9.17, 15) is 0 Å². The molecule has 0 amide bonds. The molecule has 0 unspecified atom stereocenters. The molecule has 2 heterocycles. The molecular weight excluding hydrogens is 322 g/mol. The zero-order chi connectivity index (χ0) is 18.1. The summed E-state index contributed by atoms with van der Waals surface area (Å²) in [5, 5.41) is 1.13. The average Bonchev–Trinajstić information content (AvgIpc) is 2.96. The molecule has 0 saturated carbocycles. The fraction of sp³-hybridized carbons (Fsp3) is 0.391. The zero-order valence-electron chi connectivity index (χ0n) is 15.9. The molecule has 1 fully saturated rings. The Hall–Kier alpha value is -2.26. The van der Waals surface area contributed by atoms with Gasteiger partial charge in [0.05, 0.1) is 7.11 Å². The fourth-order valence-corrected chi connectivity index (χ4v) is 4.24. The number of nitrogens with zero attached hydrogens (tertiary/aromatic N) is 1. The van der Waals surface area contributed by atoms with Crippen molar-refractivity contribution < 1.29 is 9.15 Å². The molecule has 2 aromatic carbocycles. The largest absolute Gasteiger partial charge is 0.496 e. The number of hydrogen-bond acceptors (Lipinski definition) is 3. The monoisotopic (exact) mass is 349 g/mol. The van der Waals surface area contributed by atoms with E-state index in [-0.39, 0.29) is 0 Å². The number of hydrogen-bond donors (Lipinski definition) is 0. The molecule has 1 aliphatic heterocycles. The Morgan fingerprint density at radius 1 is 1.19 bits per heavy atom. The van der Waals surface area contributed by atoms with E-state index in [0.717, 1.165) is 53.6 Å². The second-order valence-corrected chi connectivity index (χ2v) is 7.54. The maximum Gasteiger partial charge on any atom is 0.135 e. The summed E-state index contributed by atoms with van der Waals surface area (Å²) >= 11 is 0. The molecule has 0 spiro atoms. The van der Waals surface area contributed by atoms with Crippen LogP contribution in [0.4, 0.5) is 0 Å². The summed E-state index contributed by atoms with van der Waals surface area (Å²) in [6.45, 7) is 7.63. The lowest BCUT2D eigenvalue weighted by molar-refractivity contribution is 0.175. The van der Waals surface area contributed by atoms with E-state index in [2.05, 4.69) is 48.2 Å². The lowest BCUT2D eigenvalue weighted by Crippen LogP contribution is -2.33. The van der Waals surface area contributed by atoms with Crippen molar-refractivity contribution in [1.29, 1.82) is 0 Å². The first-order valence-electron chi connectivity index (χ1n) is 9.53. The van der Waals surface area contributed by atoms with Crippen molar-refractivity contribution in [2.24, 2.45) is 5.92 Å². The average molecular weight is 349 g/mol. The smallest absolute Gasteiger partial charge is 0.135 e. The Balaban J connectivity index is 1.74. The van der Waals surface area contributed by atoms with Crippen LogP contribution in [0, 0.1) is 12.8 Å². The highest BCUT2D eigenvalue weighted by Gasteiger charge is 2.20. The lowest BCUT2D eigenvalue weighted by atomic mass is 9.98. The van der Waals surface area contributed by atoms with Gasteiger partial charge >= 0.3 is 0 Å². The van der Waals surface area contributed by atoms with Crippen LogP contribution in [0.2, 0.25) is 0 Å². The summed E-state index contributed by atoms with van der Waals surface area (Å²) in [6.07, 6.45) is 2.62. The summed E-state index contributed by atoms with van der Waals surface area (Å²) in [6, 6.07) is 14.8. The van der Waals surface area contributed by atoms with Crippen LogP contribution in [0.1, 0.15) is 31.1 Å². The Labute approximate surface area is 155 Å². The molecule has 26 heavy (non-hydrogen) atoms. The summed E-state index contributed by atoms with van der Waals surface area (Å²) in [4.78, 5) is 2.53. The maximum atomic E-state index is 6.13. The number of aryl methyl sites for hydroxylation is 1. The molecule has 1 atom stereocenters. The summed E-state index contributed by atoms with van der Waals surface area (Å²) in [5.74, 6) is 2.68. The van der Waals surface area contributed by atoms with E-state index >= 15 is 0 Å². The van der Waals surface area contributed by atoms with Gasteiger partial charge in [0.1, 0.15) is 17.1 Å². The number of likely N-dealkylation sites (tertiary alicyclic amines) is 1. The SMILES string of the molecule is COc1cc2c(-c3ccccc3)c(C)oc2cc1CN1CCC[C@@H](C)C1. The third-order valence-electron chi connectivity index (χ3n) is 5.46. The number of furan rings is 1. The van der Waals surface area contributed by atoms with Crippen molar-refractivity contribution in [3.8, 4) is 16.9 Å². The van der Waals surface area contributed by atoms with Gasteiger partial charge in [-0.15, -0.1) is 0 Å². The van der Waals surface area contributed by atoms with E-state index in [0.29, 0.717) is 0 Å². The van der Waals surface area contributed by atoms with E-state index in [4.69, 9.17) is 9.15 Å². The van der Waals surface area contributed by atoms with Crippen LogP contribution in [0.3, 0.4) is 0 Å². The van der Waals surface area contributed by atoms with Crippen LogP contribution < -0.4 is 4.74 Å². The Kier molecular flexibility index (Phi) is 4.73. The van der Waals surface area contributed by atoms with Gasteiger partial charge < -0.3 is 9.15 Å². The molecule has 0 radical (unpaired) electrons. The summed E-state index contributed by atoms with van der Waals surface area (Å²) in [5.41, 5.74) is 4.50. The quantitative estimate of drug-likeness (QED) is 0.609. The second kappa shape index (κ2) is 7.16. The van der Waals surface area contributed by atoms with Crippen LogP contribution in [0.5, 0.6) is 5.75 Å². The highest BCUT2D eigenvalue weighted by molar-refractivity contribution is 5.97. The van der Waals surface area contributed by atoms with Gasteiger partial charge in [0, 0.05) is 29.6 Å². The number of ether oxygens (including phenoxy) is 1. The fourth-order valence-electron chi connectivity index (χ4n) is 4.24. The van der Waals surface area contributed by atoms with Crippen molar-refractivity contribution in [3.63, 3.8) is 0 Å². The minimum Gasteiger partial charge on any atom is -0.496 e. The molecular formula is C23H27NO2. The first kappa shape index (κ1) is 17.2. The number of fused-ring (bicyclic) bond motifs is 1. The number of methoxy groups -OCH3 is 1. The van der Waals surface area contributed by atoms with Gasteiger partial charge in [-0.2, -0.15) is 0 Å². The standard InChI is InChI=1S/C23H27NO2/c1-16-8-7-11-24(14-16)15-19-12-22-20(13-21(19)25-3)23(17(2)26-22)18-9-5-4-6-10-18/h4-6,9-10,12-13,16H,7-8,11,14-15H2,1-3H3/t16-/m1/s1. The van der Waals surface area contributed by atoms with Crippen molar-refractivity contribution in [2.75, 3.05) is 20.2 Å². The molecule has 1 aromatic heterocycles. The summed E-state index contributed by atoms with van der Waals surface area (Å²) < 4.78 is 11.9. The van der Waals surface area contributed by atoms with Gasteiger partial charge in [0.25, 0.3) is 0 Å². The highest BCUT2D eigenvalue weighted by Crippen LogP contribution is 2.38. The van der Waals surface area contributed by atoms with Crippen LogP contribution in [-0.4, -0.2) is 25.1 Å². The predicted molar refractivity (Wildman–Crippen MR) is 107 cm³/mol. The molecule has 1 aliphatic rings. The number of benzene rings is 2. The topological polar surface area (TPSA) is 25.6 Å². The second-order valence-electron chi connectivity index (χ2n) is 7.54. The van der Waals surface area contributed by atoms with Crippen LogP contribution in [0.15, 0.2) is 46.9 Å². The molecule has 0 N–H and O–H groups in total. The minimum absolute atomic E-state index is 0.772. The maximum absolute atomic E-state index is 6.13. The minimum atomic E-state index is 0.772. The molecule has 136 valence electrons. The van der Waals surface area contributed by atoms with Gasteiger partial charge in [0.15, 0.2) is 0 Å².